The molecule has 3 nitrogen and oxygen atoms in total. The Morgan fingerprint density at radius 1 is 1.05 bits per heavy atom. The molecule has 0 atom stereocenters. The summed E-state index contributed by atoms with van der Waals surface area (Å²) < 4.78 is 15.5. The van der Waals surface area contributed by atoms with E-state index in [0.29, 0.717) is 12.2 Å². The smallest absolute Gasteiger partial charge is 0.146 e. The van der Waals surface area contributed by atoms with Gasteiger partial charge in [0.05, 0.1) is 23.0 Å². The average molecular weight is 255 g/mol. The molecule has 0 unspecified atom stereocenters. The zero-order chi connectivity index (χ0) is 13.1. The van der Waals surface area contributed by atoms with Crippen LogP contribution in [-0.2, 0) is 6.54 Å². The average Bonchev–Trinajstić information content (AvgIpc) is 2.85. The van der Waals surface area contributed by atoms with Crippen LogP contribution in [0.2, 0.25) is 0 Å². The first-order chi connectivity index (χ1) is 9.34. The van der Waals surface area contributed by atoms with Crippen molar-refractivity contribution in [3.63, 3.8) is 0 Å². The Bertz CT molecular complexity index is 690. The second-order valence-corrected chi connectivity index (χ2v) is 4.33. The van der Waals surface area contributed by atoms with Crippen LogP contribution in [0.1, 0.15) is 0 Å². The van der Waals surface area contributed by atoms with E-state index >= 15 is 0 Å². The Labute approximate surface area is 110 Å². The third-order valence-corrected chi connectivity index (χ3v) is 3.07. The van der Waals surface area contributed by atoms with Crippen molar-refractivity contribution < 1.29 is 4.39 Å². The quantitative estimate of drug-likeness (QED) is 0.775. The van der Waals surface area contributed by atoms with E-state index in [-0.39, 0.29) is 5.82 Å². The largest absolute Gasteiger partial charge is 0.381 e. The lowest BCUT2D eigenvalue weighted by Gasteiger charge is -2.08. The normalized spacial score (nSPS) is 10.8. The second kappa shape index (κ2) is 5.10. The zero-order valence-corrected chi connectivity index (χ0v) is 10.4. The Hall–Kier alpha value is -2.36. The molecule has 0 saturated heterocycles. The number of hydrogen-bond acceptors (Lipinski definition) is 2. The number of anilines is 1. The van der Waals surface area contributed by atoms with Gasteiger partial charge < -0.3 is 9.88 Å². The van der Waals surface area contributed by atoms with Gasteiger partial charge in [-0.25, -0.2) is 9.37 Å². The van der Waals surface area contributed by atoms with Gasteiger partial charge in [0, 0.05) is 13.1 Å². The molecule has 0 saturated carbocycles. The van der Waals surface area contributed by atoms with Crippen molar-refractivity contribution in [1.29, 1.82) is 0 Å². The van der Waals surface area contributed by atoms with E-state index < -0.39 is 0 Å². The molecule has 0 bridgehead atoms. The molecule has 3 rings (SSSR count). The molecule has 96 valence electrons. The summed E-state index contributed by atoms with van der Waals surface area (Å²) in [5, 5.41) is 3.09. The van der Waals surface area contributed by atoms with Gasteiger partial charge in [-0.2, -0.15) is 0 Å². The first-order valence-electron chi connectivity index (χ1n) is 6.23. The molecule has 1 heterocycles. The summed E-state index contributed by atoms with van der Waals surface area (Å²) in [4.78, 5) is 4.32. The lowest BCUT2D eigenvalue weighted by molar-refractivity contribution is 0.628. The van der Waals surface area contributed by atoms with Crippen LogP contribution in [-0.4, -0.2) is 16.1 Å². The van der Waals surface area contributed by atoms with E-state index in [2.05, 4.69) is 14.9 Å². The standard InChI is InChI=1S/C15H14FN3/c16-12-5-1-2-6-13(12)17-9-10-19-11-18-14-7-3-4-8-15(14)19/h1-8,11,17H,9-10H2. The van der Waals surface area contributed by atoms with Crippen LogP contribution in [0.25, 0.3) is 11.0 Å². The molecule has 1 N–H and O–H groups in total. The maximum Gasteiger partial charge on any atom is 0.146 e. The predicted molar refractivity (Wildman–Crippen MR) is 74.6 cm³/mol. The number of imidazole rings is 1. The van der Waals surface area contributed by atoms with Gasteiger partial charge in [0.2, 0.25) is 0 Å². The Kier molecular flexibility index (Phi) is 3.14. The van der Waals surface area contributed by atoms with E-state index in [4.69, 9.17) is 0 Å². The minimum absolute atomic E-state index is 0.224. The van der Waals surface area contributed by atoms with Crippen molar-refractivity contribution in [3.8, 4) is 0 Å². The molecular formula is C15H14FN3. The minimum Gasteiger partial charge on any atom is -0.381 e. The van der Waals surface area contributed by atoms with Crippen LogP contribution in [0, 0.1) is 5.82 Å². The van der Waals surface area contributed by atoms with Gasteiger partial charge in [-0.3, -0.25) is 0 Å². The van der Waals surface area contributed by atoms with Crippen molar-refractivity contribution in [3.05, 3.63) is 60.7 Å². The van der Waals surface area contributed by atoms with Crippen LogP contribution in [0.5, 0.6) is 0 Å². The topological polar surface area (TPSA) is 29.9 Å². The Balaban J connectivity index is 1.68. The van der Waals surface area contributed by atoms with Gasteiger partial charge in [0.15, 0.2) is 0 Å². The van der Waals surface area contributed by atoms with Gasteiger partial charge in [-0.05, 0) is 24.3 Å². The molecule has 0 amide bonds. The maximum absolute atomic E-state index is 13.4. The number of aromatic nitrogens is 2. The molecule has 1 aromatic heterocycles. The van der Waals surface area contributed by atoms with Crippen molar-refractivity contribution in [2.45, 2.75) is 6.54 Å². The Morgan fingerprint density at radius 3 is 2.74 bits per heavy atom. The summed E-state index contributed by atoms with van der Waals surface area (Å²) in [5.41, 5.74) is 2.61. The SMILES string of the molecule is Fc1ccccc1NCCn1cnc2ccccc21. The van der Waals surface area contributed by atoms with E-state index in [1.165, 1.54) is 6.07 Å². The number of halogens is 1. The highest BCUT2D eigenvalue weighted by Crippen LogP contribution is 2.13. The lowest BCUT2D eigenvalue weighted by Crippen LogP contribution is -2.10. The highest BCUT2D eigenvalue weighted by molar-refractivity contribution is 5.74. The fraction of sp³-hybridized carbons (Fsp3) is 0.133. The number of hydrogen-bond donors (Lipinski definition) is 1. The van der Waals surface area contributed by atoms with E-state index in [1.54, 1.807) is 12.1 Å². The van der Waals surface area contributed by atoms with E-state index in [9.17, 15) is 4.39 Å². The molecular weight excluding hydrogens is 241 g/mol. The van der Waals surface area contributed by atoms with Crippen molar-refractivity contribution >= 4 is 16.7 Å². The molecule has 0 spiro atoms. The predicted octanol–water partition coefficient (Wildman–Crippen LogP) is 3.29. The van der Waals surface area contributed by atoms with Gasteiger partial charge in [0.25, 0.3) is 0 Å². The van der Waals surface area contributed by atoms with E-state index in [1.807, 2.05) is 36.7 Å². The summed E-state index contributed by atoms with van der Waals surface area (Å²) in [6.45, 7) is 1.40. The first-order valence-corrected chi connectivity index (χ1v) is 6.23. The van der Waals surface area contributed by atoms with Gasteiger partial charge >= 0.3 is 0 Å². The summed E-state index contributed by atoms with van der Waals surface area (Å²) in [7, 11) is 0. The van der Waals surface area contributed by atoms with Crippen molar-refractivity contribution in [2.75, 3.05) is 11.9 Å². The molecule has 0 aliphatic carbocycles. The molecule has 0 radical (unpaired) electrons. The van der Waals surface area contributed by atoms with Gasteiger partial charge in [-0.15, -0.1) is 0 Å². The molecule has 0 aliphatic rings. The maximum atomic E-state index is 13.4. The number of nitrogens with zero attached hydrogens (tertiary/aromatic N) is 2. The fourth-order valence-electron chi connectivity index (χ4n) is 2.10. The molecule has 3 aromatic rings. The number of fused-ring (bicyclic) bond motifs is 1. The number of para-hydroxylation sites is 3. The fourth-order valence-corrected chi connectivity index (χ4v) is 2.10. The molecule has 0 aliphatic heterocycles. The van der Waals surface area contributed by atoms with Gasteiger partial charge in [0.1, 0.15) is 5.82 Å². The number of nitrogens with one attached hydrogen (secondary N) is 1. The molecule has 2 aromatic carbocycles. The highest BCUT2D eigenvalue weighted by atomic mass is 19.1. The number of rotatable bonds is 4. The third kappa shape index (κ3) is 2.42. The van der Waals surface area contributed by atoms with Crippen LogP contribution in [0.3, 0.4) is 0 Å². The summed E-state index contributed by atoms with van der Waals surface area (Å²) >= 11 is 0. The minimum atomic E-state index is -0.224. The van der Waals surface area contributed by atoms with Crippen molar-refractivity contribution in [2.24, 2.45) is 0 Å². The first kappa shape index (κ1) is 11.7. The van der Waals surface area contributed by atoms with Gasteiger partial charge in [-0.1, -0.05) is 24.3 Å². The monoisotopic (exact) mass is 255 g/mol. The van der Waals surface area contributed by atoms with Crippen molar-refractivity contribution in [1.82, 2.24) is 9.55 Å². The molecule has 19 heavy (non-hydrogen) atoms. The number of benzene rings is 2. The van der Waals surface area contributed by atoms with E-state index in [0.717, 1.165) is 17.6 Å². The molecule has 4 heteroatoms. The third-order valence-electron chi connectivity index (χ3n) is 3.07. The van der Waals surface area contributed by atoms with Crippen LogP contribution >= 0.6 is 0 Å². The zero-order valence-electron chi connectivity index (χ0n) is 10.4. The highest BCUT2D eigenvalue weighted by Gasteiger charge is 2.02. The molecule has 0 fully saturated rings. The summed E-state index contributed by atoms with van der Waals surface area (Å²) in [6, 6.07) is 14.7. The summed E-state index contributed by atoms with van der Waals surface area (Å²) in [5.74, 6) is -0.224. The van der Waals surface area contributed by atoms with Crippen LogP contribution in [0.4, 0.5) is 10.1 Å². The van der Waals surface area contributed by atoms with Crippen LogP contribution < -0.4 is 5.32 Å². The summed E-state index contributed by atoms with van der Waals surface area (Å²) in [6.07, 6.45) is 1.81. The second-order valence-electron chi connectivity index (χ2n) is 4.33. The van der Waals surface area contributed by atoms with Crippen LogP contribution in [0.15, 0.2) is 54.9 Å². The lowest BCUT2D eigenvalue weighted by atomic mass is 10.3. The Morgan fingerprint density at radius 2 is 1.84 bits per heavy atom.